The number of aryl methyl sites for hydroxylation is 1. The van der Waals surface area contributed by atoms with Crippen LogP contribution in [0.4, 0.5) is 18.9 Å². The fourth-order valence-electron chi connectivity index (χ4n) is 1.95. The Morgan fingerprint density at radius 2 is 1.92 bits per heavy atom. The van der Waals surface area contributed by atoms with Crippen molar-refractivity contribution in [3.8, 4) is 0 Å². The lowest BCUT2D eigenvalue weighted by Gasteiger charge is -2.13. The van der Waals surface area contributed by atoms with Crippen LogP contribution in [0.3, 0.4) is 0 Å². The molecule has 1 N–H and O–H groups in total. The summed E-state index contributed by atoms with van der Waals surface area (Å²) in [7, 11) is -3.14. The Balaban J connectivity index is 2.41. The average Bonchev–Trinajstić information content (AvgIpc) is 2.97. The molecule has 0 aliphatic carbocycles. The molecule has 0 aliphatic heterocycles. The highest BCUT2D eigenvalue weighted by Crippen LogP contribution is 2.34. The Labute approximate surface area is 140 Å². The highest BCUT2D eigenvalue weighted by Gasteiger charge is 2.33. The van der Waals surface area contributed by atoms with Gasteiger partial charge >= 0.3 is 12.1 Å². The molecule has 130 valence electrons. The Morgan fingerprint density at radius 1 is 1.25 bits per heavy atom. The molecule has 0 saturated carbocycles. The molecule has 0 unspecified atom stereocenters. The van der Waals surface area contributed by atoms with Gasteiger partial charge in [0.15, 0.2) is 0 Å². The number of thiophene rings is 1. The van der Waals surface area contributed by atoms with Crippen LogP contribution in [0.1, 0.15) is 20.8 Å². The number of sulfonamides is 1. The van der Waals surface area contributed by atoms with Crippen LogP contribution in [-0.2, 0) is 20.9 Å². The van der Waals surface area contributed by atoms with E-state index in [9.17, 15) is 26.4 Å². The van der Waals surface area contributed by atoms with Gasteiger partial charge < -0.3 is 4.74 Å². The third-order valence-electron chi connectivity index (χ3n) is 3.08. The van der Waals surface area contributed by atoms with Crippen LogP contribution in [0.2, 0.25) is 0 Å². The number of ether oxygens (including phenoxy) is 1. The summed E-state index contributed by atoms with van der Waals surface area (Å²) in [6, 6.07) is 4.26. The van der Waals surface area contributed by atoms with Gasteiger partial charge in [-0.05, 0) is 36.1 Å². The monoisotopic (exact) mass is 379 g/mol. The third kappa shape index (κ3) is 3.70. The Bertz CT molecular complexity index is 872. The highest BCUT2D eigenvalue weighted by atomic mass is 32.2. The van der Waals surface area contributed by atoms with E-state index in [-0.39, 0.29) is 21.0 Å². The van der Waals surface area contributed by atoms with Gasteiger partial charge in [-0.3, -0.25) is 4.72 Å². The van der Waals surface area contributed by atoms with E-state index in [1.165, 1.54) is 24.4 Å². The van der Waals surface area contributed by atoms with Crippen molar-refractivity contribution in [2.75, 3.05) is 11.8 Å². The zero-order valence-corrected chi connectivity index (χ0v) is 14.1. The summed E-state index contributed by atoms with van der Waals surface area (Å²) in [6.07, 6.45) is -4.61. The molecule has 0 saturated heterocycles. The van der Waals surface area contributed by atoms with Crippen molar-refractivity contribution in [3.63, 3.8) is 0 Å². The number of benzene rings is 1. The molecule has 0 spiro atoms. The molecular weight excluding hydrogens is 367 g/mol. The maximum Gasteiger partial charge on any atom is 0.416 e. The number of methoxy groups -OCH3 is 1. The molecule has 10 heteroatoms. The molecular formula is C14H12F3NO4S2. The predicted molar refractivity (Wildman–Crippen MR) is 82.6 cm³/mol. The van der Waals surface area contributed by atoms with Crippen LogP contribution in [0, 0.1) is 6.92 Å². The van der Waals surface area contributed by atoms with Crippen molar-refractivity contribution in [3.05, 3.63) is 45.6 Å². The third-order valence-corrected chi connectivity index (χ3v) is 5.53. The van der Waals surface area contributed by atoms with Crippen LogP contribution >= 0.6 is 11.3 Å². The fourth-order valence-corrected chi connectivity index (χ4v) is 4.34. The van der Waals surface area contributed by atoms with Gasteiger partial charge in [0.2, 0.25) is 0 Å². The number of carbonyl (C=O) groups is 1. The van der Waals surface area contributed by atoms with E-state index in [0.29, 0.717) is 6.07 Å². The molecule has 0 atom stereocenters. The minimum Gasteiger partial charge on any atom is -0.465 e. The fraction of sp³-hybridized carbons (Fsp3) is 0.214. The molecule has 5 nitrogen and oxygen atoms in total. The van der Waals surface area contributed by atoms with Crippen LogP contribution < -0.4 is 4.72 Å². The number of rotatable bonds is 4. The molecule has 2 rings (SSSR count). The number of esters is 1. The van der Waals surface area contributed by atoms with E-state index in [2.05, 4.69) is 9.46 Å². The van der Waals surface area contributed by atoms with Crippen LogP contribution in [0.5, 0.6) is 0 Å². The maximum atomic E-state index is 12.9. The topological polar surface area (TPSA) is 72.5 Å². The summed E-state index contributed by atoms with van der Waals surface area (Å²) in [5.41, 5.74) is -1.23. The summed E-state index contributed by atoms with van der Waals surface area (Å²) in [5.74, 6) is -0.842. The van der Waals surface area contributed by atoms with Crippen molar-refractivity contribution in [1.29, 1.82) is 0 Å². The molecule has 0 aliphatic rings. The number of alkyl halides is 3. The summed E-state index contributed by atoms with van der Waals surface area (Å²) in [6.45, 7) is 1.27. The number of hydrogen-bond acceptors (Lipinski definition) is 5. The molecule has 0 bridgehead atoms. The standard InChI is InChI=1S/C14H12F3NO4S2/c1-8-3-4-9(7-10(8)14(15,16)17)18-24(20,21)11-5-6-23-12(11)13(19)22-2/h3-7,18H,1-2H3. The average molecular weight is 379 g/mol. The maximum absolute atomic E-state index is 12.9. The second-order valence-corrected chi connectivity index (χ2v) is 7.31. The van der Waals surface area contributed by atoms with Gasteiger partial charge in [-0.15, -0.1) is 11.3 Å². The lowest BCUT2D eigenvalue weighted by molar-refractivity contribution is -0.138. The molecule has 1 heterocycles. The van der Waals surface area contributed by atoms with Gasteiger partial charge in [0.25, 0.3) is 10.0 Å². The van der Waals surface area contributed by atoms with E-state index < -0.39 is 27.7 Å². The number of anilines is 1. The van der Waals surface area contributed by atoms with Crippen LogP contribution in [0.25, 0.3) is 0 Å². The van der Waals surface area contributed by atoms with E-state index in [1.54, 1.807) is 0 Å². The quantitative estimate of drug-likeness (QED) is 0.823. The lowest BCUT2D eigenvalue weighted by Crippen LogP contribution is -2.16. The number of carbonyl (C=O) groups excluding carboxylic acids is 1. The van der Waals surface area contributed by atoms with Crippen molar-refractivity contribution in [2.24, 2.45) is 0 Å². The smallest absolute Gasteiger partial charge is 0.416 e. The van der Waals surface area contributed by atoms with Crippen molar-refractivity contribution in [1.82, 2.24) is 0 Å². The molecule has 0 radical (unpaired) electrons. The first-order valence-corrected chi connectivity index (χ1v) is 8.79. The zero-order valence-electron chi connectivity index (χ0n) is 12.5. The molecule has 0 amide bonds. The normalized spacial score (nSPS) is 12.0. The van der Waals surface area contributed by atoms with Crippen LogP contribution in [-0.4, -0.2) is 21.5 Å². The Hall–Kier alpha value is -2.07. The largest absolute Gasteiger partial charge is 0.465 e. The first-order valence-electron chi connectivity index (χ1n) is 6.42. The van der Waals surface area contributed by atoms with E-state index in [0.717, 1.165) is 24.5 Å². The Morgan fingerprint density at radius 3 is 2.50 bits per heavy atom. The summed E-state index contributed by atoms with van der Waals surface area (Å²) in [4.78, 5) is 11.1. The van der Waals surface area contributed by atoms with Crippen molar-refractivity contribution < 1.29 is 31.1 Å². The number of hydrogen-bond donors (Lipinski definition) is 1. The summed E-state index contributed by atoms with van der Waals surface area (Å²) in [5, 5.41) is 1.37. The molecule has 0 fully saturated rings. The highest BCUT2D eigenvalue weighted by molar-refractivity contribution is 7.93. The first-order chi connectivity index (χ1) is 11.1. The van der Waals surface area contributed by atoms with E-state index in [1.807, 2.05) is 0 Å². The predicted octanol–water partition coefficient (Wildman–Crippen LogP) is 3.66. The SMILES string of the molecule is COC(=O)c1sccc1S(=O)(=O)Nc1ccc(C)c(C(F)(F)F)c1. The van der Waals surface area contributed by atoms with Gasteiger partial charge in [0.05, 0.1) is 12.7 Å². The molecule has 1 aromatic heterocycles. The summed E-state index contributed by atoms with van der Waals surface area (Å²) >= 11 is 0.856. The first kappa shape index (κ1) is 18.3. The van der Waals surface area contributed by atoms with Crippen LogP contribution in [0.15, 0.2) is 34.5 Å². The van der Waals surface area contributed by atoms with E-state index >= 15 is 0 Å². The summed E-state index contributed by atoms with van der Waals surface area (Å²) < 4.78 is 70.0. The molecule has 1 aromatic carbocycles. The van der Waals surface area contributed by atoms with Gasteiger partial charge in [-0.25, -0.2) is 13.2 Å². The minimum absolute atomic E-state index is 0.0313. The second-order valence-electron chi connectivity index (χ2n) is 4.74. The molecule has 24 heavy (non-hydrogen) atoms. The van der Waals surface area contributed by atoms with Gasteiger partial charge in [-0.2, -0.15) is 13.2 Å². The van der Waals surface area contributed by atoms with Gasteiger partial charge in [0, 0.05) is 5.69 Å². The van der Waals surface area contributed by atoms with Gasteiger partial charge in [-0.1, -0.05) is 6.07 Å². The van der Waals surface area contributed by atoms with Gasteiger partial charge in [0.1, 0.15) is 9.77 Å². The Kier molecular flexibility index (Phi) is 4.90. The lowest BCUT2D eigenvalue weighted by atomic mass is 10.1. The second kappa shape index (κ2) is 6.44. The number of nitrogens with one attached hydrogen (secondary N) is 1. The minimum atomic E-state index is -4.61. The van der Waals surface area contributed by atoms with Crippen molar-refractivity contribution >= 4 is 33.0 Å². The molecule has 2 aromatic rings. The van der Waals surface area contributed by atoms with E-state index in [4.69, 9.17) is 0 Å². The van der Waals surface area contributed by atoms with Crippen molar-refractivity contribution in [2.45, 2.75) is 18.0 Å². The zero-order chi connectivity index (χ0) is 18.1. The number of halogens is 3.